The van der Waals surface area contributed by atoms with E-state index in [-0.39, 0.29) is 5.75 Å². The third-order valence-electron chi connectivity index (χ3n) is 3.55. The summed E-state index contributed by atoms with van der Waals surface area (Å²) in [6, 6.07) is 13.9. The molecule has 4 nitrogen and oxygen atoms in total. The van der Waals surface area contributed by atoms with Crippen LogP contribution >= 0.6 is 0 Å². The molecule has 2 aromatic carbocycles. The summed E-state index contributed by atoms with van der Waals surface area (Å²) in [6.45, 7) is 6.26. The molecule has 0 heterocycles. The molecule has 0 aliphatic carbocycles. The number of phenols is 1. The second-order valence-corrected chi connectivity index (χ2v) is 6.92. The van der Waals surface area contributed by atoms with Crippen LogP contribution in [0.4, 0.5) is 9.18 Å². The average molecular weight is 345 g/mol. The number of carbonyl (C=O) groups is 1. The maximum Gasteiger partial charge on any atom is 0.410 e. The summed E-state index contributed by atoms with van der Waals surface area (Å²) in [4.78, 5) is 14.1. The quantitative estimate of drug-likeness (QED) is 0.867. The van der Waals surface area contributed by atoms with Crippen LogP contribution in [-0.4, -0.2) is 28.2 Å². The van der Waals surface area contributed by atoms with Gasteiger partial charge >= 0.3 is 6.09 Å². The fourth-order valence-corrected chi connectivity index (χ4v) is 2.34. The molecule has 0 aliphatic heterocycles. The number of phenolic OH excluding ortho intramolecular Hbond substituents is 1. The molecule has 0 bridgehead atoms. The summed E-state index contributed by atoms with van der Waals surface area (Å²) in [5.74, 6) is -1.04. The number of rotatable bonds is 5. The van der Waals surface area contributed by atoms with E-state index in [4.69, 9.17) is 4.74 Å². The van der Waals surface area contributed by atoms with Crippen molar-refractivity contribution in [3.05, 3.63) is 65.5 Å². The van der Waals surface area contributed by atoms with Crippen LogP contribution in [0.15, 0.2) is 48.5 Å². The highest BCUT2D eigenvalue weighted by Crippen LogP contribution is 2.18. The van der Waals surface area contributed by atoms with Crippen LogP contribution in [0.5, 0.6) is 5.75 Å². The van der Waals surface area contributed by atoms with Gasteiger partial charge < -0.3 is 14.7 Å². The number of ether oxygens (including phenoxy) is 1. The lowest BCUT2D eigenvalue weighted by Crippen LogP contribution is -2.37. The lowest BCUT2D eigenvalue weighted by Gasteiger charge is -2.27. The first-order valence-electron chi connectivity index (χ1n) is 8.24. The Bertz CT molecular complexity index is 711. The van der Waals surface area contributed by atoms with Gasteiger partial charge in [0.05, 0.1) is 0 Å². The van der Waals surface area contributed by atoms with E-state index >= 15 is 0 Å². The van der Waals surface area contributed by atoms with Crippen LogP contribution in [0.1, 0.15) is 31.9 Å². The Morgan fingerprint density at radius 1 is 1.12 bits per heavy atom. The van der Waals surface area contributed by atoms with Crippen molar-refractivity contribution >= 4 is 6.09 Å². The Kier molecular flexibility index (Phi) is 6.02. The van der Waals surface area contributed by atoms with E-state index in [1.807, 2.05) is 51.1 Å². The summed E-state index contributed by atoms with van der Waals surface area (Å²) in [5.41, 5.74) is 1.11. The molecule has 0 saturated heterocycles. The van der Waals surface area contributed by atoms with Crippen molar-refractivity contribution in [1.82, 2.24) is 4.90 Å². The van der Waals surface area contributed by atoms with Crippen molar-refractivity contribution in [3.63, 3.8) is 0 Å². The molecule has 0 unspecified atom stereocenters. The molecule has 2 aromatic rings. The maximum atomic E-state index is 13.5. The molecular formula is C20H24FNO3. The number of halogens is 1. The highest BCUT2D eigenvalue weighted by atomic mass is 19.1. The summed E-state index contributed by atoms with van der Waals surface area (Å²) in [6.07, 6.45) is 0.0547. The largest absolute Gasteiger partial charge is 0.505 e. The van der Waals surface area contributed by atoms with E-state index in [0.717, 1.165) is 5.56 Å². The zero-order valence-corrected chi connectivity index (χ0v) is 14.8. The first-order chi connectivity index (χ1) is 11.7. The molecule has 1 N–H and O–H groups in total. The van der Waals surface area contributed by atoms with Gasteiger partial charge in [-0.1, -0.05) is 36.4 Å². The zero-order chi connectivity index (χ0) is 18.4. The smallest absolute Gasteiger partial charge is 0.410 e. The van der Waals surface area contributed by atoms with Crippen LogP contribution < -0.4 is 0 Å². The van der Waals surface area contributed by atoms with Crippen molar-refractivity contribution in [1.29, 1.82) is 0 Å². The number of aromatic hydroxyl groups is 1. The lowest BCUT2D eigenvalue weighted by atomic mass is 10.1. The number of amides is 1. The molecule has 2 rings (SSSR count). The molecule has 5 heteroatoms. The van der Waals surface area contributed by atoms with Gasteiger partial charge in [0.1, 0.15) is 5.60 Å². The molecule has 134 valence electrons. The summed E-state index contributed by atoms with van der Waals surface area (Å²) >= 11 is 0. The molecule has 0 saturated carbocycles. The Morgan fingerprint density at radius 3 is 2.40 bits per heavy atom. The Morgan fingerprint density at radius 2 is 1.80 bits per heavy atom. The molecule has 0 aliphatic rings. The van der Waals surface area contributed by atoms with E-state index in [9.17, 15) is 14.3 Å². The molecule has 25 heavy (non-hydrogen) atoms. The normalized spacial score (nSPS) is 11.2. The van der Waals surface area contributed by atoms with Gasteiger partial charge in [-0.2, -0.15) is 0 Å². The molecular weight excluding hydrogens is 321 g/mol. The van der Waals surface area contributed by atoms with Gasteiger partial charge in [0, 0.05) is 13.1 Å². The second kappa shape index (κ2) is 8.01. The second-order valence-electron chi connectivity index (χ2n) is 6.92. The first kappa shape index (κ1) is 18.8. The maximum absolute atomic E-state index is 13.5. The van der Waals surface area contributed by atoms with E-state index < -0.39 is 17.5 Å². The minimum absolute atomic E-state index is 0.378. The third-order valence-corrected chi connectivity index (χ3v) is 3.55. The van der Waals surface area contributed by atoms with Crippen LogP contribution in [-0.2, 0) is 17.7 Å². The van der Waals surface area contributed by atoms with Crippen molar-refractivity contribution < 1.29 is 19.0 Å². The van der Waals surface area contributed by atoms with Crippen LogP contribution in [0.2, 0.25) is 0 Å². The highest BCUT2D eigenvalue weighted by molar-refractivity contribution is 5.68. The van der Waals surface area contributed by atoms with E-state index in [1.165, 1.54) is 12.1 Å². The van der Waals surface area contributed by atoms with Gasteiger partial charge in [0.2, 0.25) is 0 Å². The Balaban J connectivity index is 2.10. The third kappa shape index (κ3) is 6.10. The number of nitrogens with zero attached hydrogens (tertiary/aromatic N) is 1. The predicted octanol–water partition coefficient (Wildman–Crippen LogP) is 4.51. The fraction of sp³-hybridized carbons (Fsp3) is 0.350. The minimum Gasteiger partial charge on any atom is -0.505 e. The van der Waals surface area contributed by atoms with Crippen LogP contribution in [0, 0.1) is 5.82 Å². The van der Waals surface area contributed by atoms with E-state index in [2.05, 4.69) is 0 Å². The SMILES string of the molecule is CC(C)(C)OC(=O)N(CCc1ccc(O)c(F)c1)Cc1ccccc1. The summed E-state index contributed by atoms with van der Waals surface area (Å²) < 4.78 is 19.0. The highest BCUT2D eigenvalue weighted by Gasteiger charge is 2.22. The molecule has 0 fully saturated rings. The Labute approximate surface area is 147 Å². The number of benzene rings is 2. The molecule has 1 amide bonds. The van der Waals surface area contributed by atoms with Gasteiger partial charge in [-0.3, -0.25) is 0 Å². The fourth-order valence-electron chi connectivity index (χ4n) is 2.34. The van der Waals surface area contributed by atoms with Gasteiger partial charge in [-0.25, -0.2) is 9.18 Å². The number of hydrogen-bond donors (Lipinski definition) is 1. The number of carbonyl (C=O) groups excluding carboxylic acids is 1. The topological polar surface area (TPSA) is 49.8 Å². The van der Waals surface area contributed by atoms with Crippen molar-refractivity contribution in [3.8, 4) is 5.75 Å². The number of hydrogen-bond acceptors (Lipinski definition) is 3. The van der Waals surface area contributed by atoms with E-state index in [0.29, 0.717) is 25.1 Å². The molecule has 0 radical (unpaired) electrons. The zero-order valence-electron chi connectivity index (χ0n) is 14.8. The Hall–Kier alpha value is -2.56. The van der Waals surface area contributed by atoms with E-state index in [1.54, 1.807) is 11.0 Å². The predicted molar refractivity (Wildman–Crippen MR) is 94.9 cm³/mol. The van der Waals surface area contributed by atoms with Crippen molar-refractivity contribution in [2.24, 2.45) is 0 Å². The van der Waals surface area contributed by atoms with Crippen molar-refractivity contribution in [2.45, 2.75) is 39.3 Å². The first-order valence-corrected chi connectivity index (χ1v) is 8.24. The molecule has 0 spiro atoms. The molecule has 0 aromatic heterocycles. The van der Waals surface area contributed by atoms with Gasteiger partial charge in [-0.15, -0.1) is 0 Å². The van der Waals surface area contributed by atoms with Gasteiger partial charge in [0.15, 0.2) is 11.6 Å². The summed E-state index contributed by atoms with van der Waals surface area (Å²) in [7, 11) is 0. The summed E-state index contributed by atoms with van der Waals surface area (Å²) in [5, 5.41) is 9.27. The lowest BCUT2D eigenvalue weighted by molar-refractivity contribution is 0.0236. The standard InChI is InChI=1S/C20H24FNO3/c1-20(2,3)25-19(24)22(14-16-7-5-4-6-8-16)12-11-15-9-10-18(23)17(21)13-15/h4-10,13,23H,11-12,14H2,1-3H3. The average Bonchev–Trinajstić information content (AvgIpc) is 2.54. The monoisotopic (exact) mass is 345 g/mol. The minimum atomic E-state index is -0.663. The van der Waals surface area contributed by atoms with Gasteiger partial charge in [-0.05, 0) is 50.5 Å². The van der Waals surface area contributed by atoms with Crippen LogP contribution in [0.25, 0.3) is 0 Å². The van der Waals surface area contributed by atoms with Crippen LogP contribution in [0.3, 0.4) is 0 Å². The van der Waals surface area contributed by atoms with Crippen molar-refractivity contribution in [2.75, 3.05) is 6.54 Å². The van der Waals surface area contributed by atoms with Gasteiger partial charge in [0.25, 0.3) is 0 Å². The molecule has 0 atom stereocenters.